The largest absolute Gasteiger partial charge is 0.453 e. The monoisotopic (exact) mass is 357 g/mol. The van der Waals surface area contributed by atoms with Crippen molar-refractivity contribution in [3.63, 3.8) is 0 Å². The first-order valence-electron chi connectivity index (χ1n) is 8.12. The highest BCUT2D eigenvalue weighted by Gasteiger charge is 2.15. The Morgan fingerprint density at radius 1 is 1.28 bits per heavy atom. The Kier molecular flexibility index (Phi) is 5.49. The van der Waals surface area contributed by atoms with Crippen molar-refractivity contribution in [2.45, 2.75) is 39.8 Å². The van der Waals surface area contributed by atoms with Crippen LogP contribution in [0.5, 0.6) is 0 Å². The minimum Gasteiger partial charge on any atom is -0.453 e. The van der Waals surface area contributed by atoms with E-state index in [4.69, 9.17) is 4.74 Å². The van der Waals surface area contributed by atoms with Crippen LogP contribution >= 0.6 is 11.3 Å². The molecule has 130 valence electrons. The van der Waals surface area contributed by atoms with E-state index in [0.717, 1.165) is 23.4 Å². The summed E-state index contributed by atoms with van der Waals surface area (Å²) in [5.74, 6) is 0.0652. The highest BCUT2D eigenvalue weighted by atomic mass is 32.1. The summed E-state index contributed by atoms with van der Waals surface area (Å²) in [7, 11) is 0. The molecule has 0 spiro atoms. The van der Waals surface area contributed by atoms with Gasteiger partial charge in [-0.1, -0.05) is 43.2 Å². The first kappa shape index (κ1) is 17.2. The van der Waals surface area contributed by atoms with Crippen LogP contribution in [0.25, 0.3) is 10.6 Å². The minimum atomic E-state index is -0.473. The Hall–Kier alpha value is -2.61. The van der Waals surface area contributed by atoms with Gasteiger partial charge in [0.05, 0.1) is 0 Å². The molecule has 7 nitrogen and oxygen atoms in total. The normalized spacial score (nSPS) is 10.8. The average molecular weight is 357 g/mol. The van der Waals surface area contributed by atoms with Gasteiger partial charge in [-0.3, -0.25) is 0 Å². The first-order valence-corrected chi connectivity index (χ1v) is 9.00. The molecule has 8 heteroatoms. The number of unbranched alkanes of at least 4 members (excludes halogenated alkanes) is 1. The predicted molar refractivity (Wildman–Crippen MR) is 94.1 cm³/mol. The van der Waals surface area contributed by atoms with Gasteiger partial charge in [0.2, 0.25) is 0 Å². The maximum atomic E-state index is 12.2. The molecule has 0 aliphatic rings. The van der Waals surface area contributed by atoms with Crippen molar-refractivity contribution in [2.75, 3.05) is 0 Å². The third-order valence-electron chi connectivity index (χ3n) is 3.67. The molecular formula is C17H19N5O2S. The molecule has 0 aliphatic heterocycles. The van der Waals surface area contributed by atoms with Gasteiger partial charge in [-0.15, -0.1) is 16.4 Å². The fourth-order valence-electron chi connectivity index (χ4n) is 2.21. The Morgan fingerprint density at radius 2 is 2.08 bits per heavy atom. The van der Waals surface area contributed by atoms with Gasteiger partial charge in [0, 0.05) is 17.5 Å². The molecule has 0 radical (unpaired) electrons. The molecule has 0 bridgehead atoms. The van der Waals surface area contributed by atoms with E-state index in [2.05, 4.69) is 27.4 Å². The summed E-state index contributed by atoms with van der Waals surface area (Å²) in [5, 5.41) is 13.9. The molecule has 3 aromatic rings. The molecule has 2 heterocycles. The molecule has 0 unspecified atom stereocenters. The van der Waals surface area contributed by atoms with Crippen molar-refractivity contribution in [3.8, 4) is 10.6 Å². The number of benzene rings is 1. The van der Waals surface area contributed by atoms with Gasteiger partial charge in [0.15, 0.2) is 18.1 Å². The molecule has 25 heavy (non-hydrogen) atoms. The Labute approximate surface area is 149 Å². The van der Waals surface area contributed by atoms with E-state index in [1.165, 1.54) is 16.9 Å². The van der Waals surface area contributed by atoms with E-state index in [1.807, 2.05) is 31.2 Å². The lowest BCUT2D eigenvalue weighted by molar-refractivity contribution is 0.0450. The molecule has 0 N–H and O–H groups in total. The lowest BCUT2D eigenvalue weighted by Crippen LogP contribution is -2.11. The summed E-state index contributed by atoms with van der Waals surface area (Å²) in [6, 6.07) is 8.02. The van der Waals surface area contributed by atoms with E-state index in [-0.39, 0.29) is 6.61 Å². The average Bonchev–Trinajstić information content (AvgIpc) is 3.28. The number of thiazole rings is 1. The number of hydrogen-bond donors (Lipinski definition) is 0. The molecule has 0 amide bonds. The van der Waals surface area contributed by atoms with E-state index < -0.39 is 5.97 Å². The minimum absolute atomic E-state index is 0.0347. The second-order valence-corrected chi connectivity index (χ2v) is 6.51. The zero-order chi connectivity index (χ0) is 17.6. The van der Waals surface area contributed by atoms with E-state index in [1.54, 1.807) is 10.1 Å². The summed E-state index contributed by atoms with van der Waals surface area (Å²) in [4.78, 5) is 16.6. The SMILES string of the molecule is CCCCn1nnnc1COC(=O)c1csc(-c2ccc(C)cc2)n1. The second-order valence-electron chi connectivity index (χ2n) is 5.65. The fourth-order valence-corrected chi connectivity index (χ4v) is 3.00. The van der Waals surface area contributed by atoms with E-state index in [9.17, 15) is 4.79 Å². The molecule has 2 aromatic heterocycles. The number of nitrogens with zero attached hydrogens (tertiary/aromatic N) is 5. The summed E-state index contributed by atoms with van der Waals surface area (Å²) < 4.78 is 6.97. The predicted octanol–water partition coefficient (Wildman–Crippen LogP) is 3.26. The van der Waals surface area contributed by atoms with Gasteiger partial charge in [-0.2, -0.15) is 0 Å². The topological polar surface area (TPSA) is 82.8 Å². The van der Waals surface area contributed by atoms with Crippen LogP contribution in [0.2, 0.25) is 0 Å². The smallest absolute Gasteiger partial charge is 0.358 e. The van der Waals surface area contributed by atoms with E-state index in [0.29, 0.717) is 18.1 Å². The first-order chi connectivity index (χ1) is 12.2. The number of aryl methyl sites for hydroxylation is 2. The fraction of sp³-hybridized carbons (Fsp3) is 0.353. The van der Waals surface area contributed by atoms with Gasteiger partial charge in [0.1, 0.15) is 5.01 Å². The van der Waals surface area contributed by atoms with Crippen LogP contribution in [0, 0.1) is 6.92 Å². The molecule has 0 atom stereocenters. The summed E-state index contributed by atoms with van der Waals surface area (Å²) in [6.45, 7) is 4.87. The third-order valence-corrected chi connectivity index (χ3v) is 4.57. The van der Waals surface area contributed by atoms with Crippen LogP contribution < -0.4 is 0 Å². The quantitative estimate of drug-likeness (QED) is 0.604. The Bertz CT molecular complexity index is 841. The number of rotatable bonds is 7. The molecule has 0 saturated carbocycles. The highest BCUT2D eigenvalue weighted by molar-refractivity contribution is 7.13. The van der Waals surface area contributed by atoms with Crippen LogP contribution in [0.1, 0.15) is 41.6 Å². The highest BCUT2D eigenvalue weighted by Crippen LogP contribution is 2.24. The zero-order valence-corrected chi connectivity index (χ0v) is 15.0. The number of carbonyl (C=O) groups excluding carboxylic acids is 1. The van der Waals surface area contributed by atoms with Crippen molar-refractivity contribution in [3.05, 3.63) is 46.7 Å². The van der Waals surface area contributed by atoms with Gasteiger partial charge in [-0.25, -0.2) is 14.5 Å². The standard InChI is InChI=1S/C17H19N5O2S/c1-3-4-9-22-15(19-20-21-22)10-24-17(23)14-11-25-16(18-14)13-7-5-12(2)6-8-13/h5-8,11H,3-4,9-10H2,1-2H3. The van der Waals surface area contributed by atoms with Crippen molar-refractivity contribution < 1.29 is 9.53 Å². The number of esters is 1. The molecule has 0 saturated heterocycles. The van der Waals surface area contributed by atoms with E-state index >= 15 is 0 Å². The number of ether oxygens (including phenoxy) is 1. The number of tetrazole rings is 1. The molecule has 3 rings (SSSR count). The van der Waals surface area contributed by atoms with Gasteiger partial charge >= 0.3 is 5.97 Å². The summed E-state index contributed by atoms with van der Waals surface area (Å²) in [6.07, 6.45) is 2.01. The van der Waals surface area contributed by atoms with Gasteiger partial charge < -0.3 is 4.74 Å². The number of aromatic nitrogens is 5. The second kappa shape index (κ2) is 7.98. The Morgan fingerprint density at radius 3 is 2.84 bits per heavy atom. The zero-order valence-electron chi connectivity index (χ0n) is 14.2. The van der Waals surface area contributed by atoms with Crippen LogP contribution in [0.3, 0.4) is 0 Å². The van der Waals surface area contributed by atoms with Crippen LogP contribution in [0.15, 0.2) is 29.6 Å². The lowest BCUT2D eigenvalue weighted by atomic mass is 10.2. The van der Waals surface area contributed by atoms with Crippen molar-refractivity contribution in [2.24, 2.45) is 0 Å². The summed E-state index contributed by atoms with van der Waals surface area (Å²) in [5.41, 5.74) is 2.46. The maximum absolute atomic E-state index is 12.2. The van der Waals surface area contributed by atoms with Gasteiger partial charge in [0.25, 0.3) is 0 Å². The van der Waals surface area contributed by atoms with Crippen LogP contribution in [-0.2, 0) is 17.9 Å². The van der Waals surface area contributed by atoms with Crippen molar-refractivity contribution in [1.29, 1.82) is 0 Å². The maximum Gasteiger partial charge on any atom is 0.358 e. The third kappa shape index (κ3) is 4.27. The van der Waals surface area contributed by atoms with Gasteiger partial charge in [-0.05, 0) is 23.8 Å². The summed E-state index contributed by atoms with van der Waals surface area (Å²) >= 11 is 1.42. The molecule has 0 fully saturated rings. The molecule has 1 aromatic carbocycles. The lowest BCUT2D eigenvalue weighted by Gasteiger charge is -2.04. The number of hydrogen-bond acceptors (Lipinski definition) is 7. The Balaban J connectivity index is 1.62. The van der Waals surface area contributed by atoms with Crippen LogP contribution in [0.4, 0.5) is 0 Å². The van der Waals surface area contributed by atoms with Crippen LogP contribution in [-0.4, -0.2) is 31.2 Å². The molecule has 0 aliphatic carbocycles. The van der Waals surface area contributed by atoms with Crippen molar-refractivity contribution >= 4 is 17.3 Å². The number of carbonyl (C=O) groups is 1. The molecular weight excluding hydrogens is 338 g/mol. The van der Waals surface area contributed by atoms with Crippen molar-refractivity contribution in [1.82, 2.24) is 25.2 Å².